The summed E-state index contributed by atoms with van der Waals surface area (Å²) in [6.45, 7) is 0. The van der Waals surface area contributed by atoms with E-state index in [4.69, 9.17) is 0 Å². The molecule has 0 bridgehead atoms. The standard InChI is InChI=1S/12HI.4In/h12*1H;;;;/q;;;;;;;;;;;;4*+3/p-12. The third kappa shape index (κ3) is 112. The summed E-state index contributed by atoms with van der Waals surface area (Å²) in [6.07, 6.45) is 0. The van der Waals surface area contributed by atoms with E-state index in [1.54, 1.807) is 0 Å². The molecule has 0 aromatic rings. The van der Waals surface area contributed by atoms with Gasteiger partial charge in [-0.2, -0.15) is 0 Å². The molecule has 0 radical (unpaired) electrons. The molecule has 0 saturated carbocycles. The van der Waals surface area contributed by atoms with Crippen LogP contribution in [0.15, 0.2) is 0 Å². The van der Waals surface area contributed by atoms with Crippen molar-refractivity contribution in [2.75, 3.05) is 0 Å². The van der Waals surface area contributed by atoms with E-state index < -0.39 is 0 Å². The minimum Gasteiger partial charge on any atom is -1.00 e. The molecule has 0 aliphatic carbocycles. The normalized spacial score (nSPS) is 0. The van der Waals surface area contributed by atoms with E-state index in [0.717, 1.165) is 0 Å². The van der Waals surface area contributed by atoms with E-state index in [1.165, 1.54) is 0 Å². The fourth-order valence-electron chi connectivity index (χ4n) is 0. The first-order valence-electron chi connectivity index (χ1n) is 0. The minimum absolute atomic E-state index is 0. The quantitative estimate of drug-likeness (QED) is 0.212. The second kappa shape index (κ2) is 125. The summed E-state index contributed by atoms with van der Waals surface area (Å²) in [5, 5.41) is 0. The van der Waals surface area contributed by atoms with Gasteiger partial charge in [0, 0.05) is 0 Å². The Hall–Kier alpha value is 12.2. The molecule has 0 fully saturated rings. The maximum absolute atomic E-state index is 0. The minimum atomic E-state index is 0. The summed E-state index contributed by atoms with van der Waals surface area (Å²) >= 11 is 0. The molecule has 0 amide bonds. The molecule has 0 saturated heterocycles. The second-order valence-corrected chi connectivity index (χ2v) is 0. The molecule has 0 aliphatic rings. The Morgan fingerprint density at radius 2 is 0.125 bits per heavy atom. The Kier molecular flexibility index (Phi) is 1090. The smallest absolute Gasteiger partial charge is 1.00 e. The van der Waals surface area contributed by atoms with Crippen molar-refractivity contribution in [3.05, 3.63) is 0 Å². The largest absolute Gasteiger partial charge is 3.00 e. The van der Waals surface area contributed by atoms with Gasteiger partial charge in [-0.15, -0.1) is 0 Å². The van der Waals surface area contributed by atoms with Gasteiger partial charge in [-0.1, -0.05) is 0 Å². The van der Waals surface area contributed by atoms with E-state index in [0.29, 0.717) is 0 Å². The first kappa shape index (κ1) is 140. The van der Waals surface area contributed by atoms with Crippen LogP contribution in [-0.4, -0.2) is 103 Å². The topological polar surface area (TPSA) is 0 Å². The van der Waals surface area contributed by atoms with Crippen molar-refractivity contribution >= 4 is 103 Å². The van der Waals surface area contributed by atoms with Crippen molar-refractivity contribution < 1.29 is 288 Å². The molecular weight excluding hydrogens is 1980 g/mol. The van der Waals surface area contributed by atoms with E-state index in [1.807, 2.05) is 0 Å². The van der Waals surface area contributed by atoms with Crippen molar-refractivity contribution in [3.63, 3.8) is 0 Å². The summed E-state index contributed by atoms with van der Waals surface area (Å²) in [5.41, 5.74) is 0. The van der Waals surface area contributed by atoms with Crippen LogP contribution < -0.4 is 288 Å². The van der Waals surface area contributed by atoms with Gasteiger partial charge in [0.2, 0.25) is 0 Å². The third-order valence-corrected chi connectivity index (χ3v) is 0. The van der Waals surface area contributed by atoms with Gasteiger partial charge in [0.15, 0.2) is 0 Å². The van der Waals surface area contributed by atoms with Crippen LogP contribution in [0.4, 0.5) is 0 Å². The van der Waals surface area contributed by atoms with E-state index in [2.05, 4.69) is 0 Å². The molecule has 0 aliphatic heterocycles. The average molecular weight is 1980 g/mol. The van der Waals surface area contributed by atoms with E-state index in [-0.39, 0.29) is 391 Å². The van der Waals surface area contributed by atoms with Gasteiger partial charge in [0.1, 0.15) is 0 Å². The number of rotatable bonds is 0. The Labute approximate surface area is 379 Å². The zero-order chi connectivity index (χ0) is 0. The van der Waals surface area contributed by atoms with Gasteiger partial charge < -0.3 is 288 Å². The average Bonchev–Trinajstić information content (AvgIpc) is 0. The van der Waals surface area contributed by atoms with Gasteiger partial charge in [0.05, 0.1) is 0 Å². The predicted octanol–water partition coefficient (Wildman–Crippen LogP) is -37.5. The van der Waals surface area contributed by atoms with Gasteiger partial charge in [-0.05, 0) is 0 Å². The summed E-state index contributed by atoms with van der Waals surface area (Å²) in [4.78, 5) is 0. The molecule has 0 nitrogen and oxygen atoms in total. The third-order valence-electron chi connectivity index (χ3n) is 0. The first-order chi connectivity index (χ1) is 0. The van der Waals surface area contributed by atoms with Crippen LogP contribution in [-0.2, 0) is 0 Å². The Morgan fingerprint density at radius 3 is 0.125 bits per heavy atom. The van der Waals surface area contributed by atoms with Gasteiger partial charge >= 0.3 is 103 Å². The molecule has 0 N–H and O–H groups in total. The van der Waals surface area contributed by atoms with Gasteiger partial charge in [-0.3, -0.25) is 0 Å². The number of hydrogen-bond donors (Lipinski definition) is 0. The molecule has 16 heteroatoms. The SMILES string of the molecule is [I-].[I-].[I-].[I-].[I-].[I-].[I-].[I-].[I-].[I-].[I-].[I-].[In+3].[In+3].[In+3].[In+3]. The molecule has 0 aromatic heterocycles. The van der Waals surface area contributed by atoms with Crippen molar-refractivity contribution in [3.8, 4) is 0 Å². The number of halogens is 12. The zero-order valence-electron chi connectivity index (χ0n) is 6.84. The molecule has 0 unspecified atom stereocenters. The van der Waals surface area contributed by atoms with Gasteiger partial charge in [0.25, 0.3) is 0 Å². The van der Waals surface area contributed by atoms with Crippen LogP contribution in [0.25, 0.3) is 0 Å². The van der Waals surface area contributed by atoms with E-state index >= 15 is 0 Å². The Balaban J connectivity index is 0. The molecule has 0 spiro atoms. The fourth-order valence-corrected chi connectivity index (χ4v) is 0. The van der Waals surface area contributed by atoms with Crippen molar-refractivity contribution in [1.82, 2.24) is 0 Å². The molecule has 0 rings (SSSR count). The first-order valence-corrected chi connectivity index (χ1v) is 0. The second-order valence-electron chi connectivity index (χ2n) is 0. The number of hydrogen-bond acceptors (Lipinski definition) is 0. The van der Waals surface area contributed by atoms with Crippen LogP contribution in [0.2, 0.25) is 0 Å². The maximum atomic E-state index is 0. The van der Waals surface area contributed by atoms with E-state index in [9.17, 15) is 0 Å². The van der Waals surface area contributed by atoms with Crippen molar-refractivity contribution in [1.29, 1.82) is 0 Å². The summed E-state index contributed by atoms with van der Waals surface area (Å²) in [7, 11) is 0. The maximum Gasteiger partial charge on any atom is 3.00 e. The molecule has 16 heavy (non-hydrogen) atoms. The summed E-state index contributed by atoms with van der Waals surface area (Å²) in [5.74, 6) is 0. The Morgan fingerprint density at radius 1 is 0.125 bits per heavy atom. The van der Waals surface area contributed by atoms with Crippen LogP contribution in [0.3, 0.4) is 0 Å². The van der Waals surface area contributed by atoms with Crippen LogP contribution >= 0.6 is 0 Å². The van der Waals surface area contributed by atoms with Crippen LogP contribution in [0.5, 0.6) is 0 Å². The van der Waals surface area contributed by atoms with Crippen LogP contribution in [0, 0.1) is 0 Å². The summed E-state index contributed by atoms with van der Waals surface area (Å²) < 4.78 is 0. The van der Waals surface area contributed by atoms with Crippen molar-refractivity contribution in [2.24, 2.45) is 0 Å². The fraction of sp³-hybridized carbons (Fsp3) is 0. The zero-order valence-corrected chi connectivity index (χ0v) is 45.9. The van der Waals surface area contributed by atoms with Gasteiger partial charge in [-0.25, -0.2) is 0 Å². The van der Waals surface area contributed by atoms with Crippen molar-refractivity contribution in [2.45, 2.75) is 0 Å². The monoisotopic (exact) mass is 1980 g/mol. The molecule has 0 aromatic carbocycles. The molecule has 0 heterocycles. The molecule has 0 atom stereocenters. The molecular formula is I12In4. The van der Waals surface area contributed by atoms with Crippen LogP contribution in [0.1, 0.15) is 0 Å². The summed E-state index contributed by atoms with van der Waals surface area (Å²) in [6, 6.07) is 0. The molecule has 96 valence electrons. The predicted molar refractivity (Wildman–Crippen MR) is 23.0 cm³/mol. The Bertz CT molecular complexity index is 13.0.